The lowest BCUT2D eigenvalue weighted by atomic mass is 9.89. The second-order valence-corrected chi connectivity index (χ2v) is 7.18. The van der Waals surface area contributed by atoms with Crippen LogP contribution in [0.25, 0.3) is 10.2 Å². The van der Waals surface area contributed by atoms with E-state index in [9.17, 15) is 14.0 Å². The number of anilines is 2. The maximum absolute atomic E-state index is 13.4. The maximum Gasteiger partial charge on any atom is 0.232 e. The molecule has 7 heteroatoms. The van der Waals surface area contributed by atoms with Gasteiger partial charge in [-0.3, -0.25) is 9.59 Å². The minimum atomic E-state index is -0.650. The average molecular weight is 355 g/mol. The van der Waals surface area contributed by atoms with Crippen molar-refractivity contribution in [3.8, 4) is 0 Å². The second-order valence-electron chi connectivity index (χ2n) is 5.94. The molecule has 4 rings (SSSR count). The molecule has 0 radical (unpaired) electrons. The molecule has 0 aliphatic carbocycles. The zero-order valence-corrected chi connectivity index (χ0v) is 14.1. The average Bonchev–Trinajstić information content (AvgIpc) is 2.92. The Kier molecular flexibility index (Phi) is 3.73. The van der Waals surface area contributed by atoms with Crippen LogP contribution in [0.3, 0.4) is 0 Å². The molecule has 0 spiro atoms. The third-order valence-electron chi connectivity index (χ3n) is 4.13. The number of thiazole rings is 1. The number of halogens is 1. The highest BCUT2D eigenvalue weighted by Crippen LogP contribution is 2.34. The summed E-state index contributed by atoms with van der Waals surface area (Å²) in [4.78, 5) is 29.0. The molecule has 1 aliphatic heterocycles. The van der Waals surface area contributed by atoms with Crippen molar-refractivity contribution in [2.45, 2.75) is 19.3 Å². The van der Waals surface area contributed by atoms with Gasteiger partial charge in [-0.05, 0) is 42.8 Å². The molecule has 3 aromatic rings. The summed E-state index contributed by atoms with van der Waals surface area (Å²) in [6, 6.07) is 9.58. The Bertz CT molecular complexity index is 1010. The number of carbonyl (C=O) groups excluding carboxylic acids is 2. The largest absolute Gasteiger partial charge is 0.326 e. The van der Waals surface area contributed by atoms with Gasteiger partial charge in [0.05, 0.1) is 21.1 Å². The molecule has 0 saturated carbocycles. The van der Waals surface area contributed by atoms with Crippen LogP contribution in [0.4, 0.5) is 15.8 Å². The van der Waals surface area contributed by atoms with Crippen molar-refractivity contribution in [2.75, 3.05) is 10.6 Å². The number of rotatable bonds is 2. The fourth-order valence-corrected chi connectivity index (χ4v) is 3.88. The Labute approximate surface area is 146 Å². The van der Waals surface area contributed by atoms with Crippen molar-refractivity contribution in [1.82, 2.24) is 4.98 Å². The van der Waals surface area contributed by atoms with Crippen LogP contribution in [0.15, 0.2) is 36.4 Å². The normalized spacial score (nSPS) is 16.4. The number of nitrogens with one attached hydrogen (secondary N) is 2. The standard InChI is InChI=1S/C18H14FN3O2S/c1-9-20-14-5-3-11(7-16(14)25-9)21-18(24)13-8-17(23)22-15-6-10(19)2-4-12(13)15/h2-7,13H,8H2,1H3,(H,21,24)(H,22,23). The van der Waals surface area contributed by atoms with Crippen molar-refractivity contribution in [2.24, 2.45) is 0 Å². The molecular weight excluding hydrogens is 341 g/mol. The molecule has 0 bridgehead atoms. The van der Waals surface area contributed by atoms with E-state index in [1.54, 1.807) is 23.5 Å². The summed E-state index contributed by atoms with van der Waals surface area (Å²) >= 11 is 1.55. The van der Waals surface area contributed by atoms with E-state index in [1.807, 2.05) is 19.1 Å². The topological polar surface area (TPSA) is 71.1 Å². The van der Waals surface area contributed by atoms with Crippen molar-refractivity contribution in [3.05, 3.63) is 52.8 Å². The van der Waals surface area contributed by atoms with E-state index in [1.165, 1.54) is 12.1 Å². The minimum Gasteiger partial charge on any atom is -0.326 e. The fourth-order valence-electron chi connectivity index (χ4n) is 3.02. The van der Waals surface area contributed by atoms with E-state index in [-0.39, 0.29) is 18.2 Å². The summed E-state index contributed by atoms with van der Waals surface area (Å²) in [6.45, 7) is 1.93. The Morgan fingerprint density at radius 2 is 2.16 bits per heavy atom. The fraction of sp³-hybridized carbons (Fsp3) is 0.167. The molecule has 0 saturated heterocycles. The molecule has 2 heterocycles. The number of aryl methyl sites for hydroxylation is 1. The van der Waals surface area contributed by atoms with Crippen molar-refractivity contribution >= 4 is 44.7 Å². The quantitative estimate of drug-likeness (QED) is 0.734. The molecule has 126 valence electrons. The van der Waals surface area contributed by atoms with E-state index in [4.69, 9.17) is 0 Å². The SMILES string of the molecule is Cc1nc2ccc(NC(=O)C3CC(=O)Nc4cc(F)ccc43)cc2s1. The van der Waals surface area contributed by atoms with Crippen LogP contribution in [0.2, 0.25) is 0 Å². The Morgan fingerprint density at radius 3 is 3.00 bits per heavy atom. The highest BCUT2D eigenvalue weighted by atomic mass is 32.1. The predicted octanol–water partition coefficient (Wildman–Crippen LogP) is 3.81. The van der Waals surface area contributed by atoms with Gasteiger partial charge in [0.25, 0.3) is 0 Å². The first kappa shape index (κ1) is 15.7. The van der Waals surface area contributed by atoms with E-state index in [0.717, 1.165) is 15.2 Å². The van der Waals surface area contributed by atoms with Crippen LogP contribution in [-0.2, 0) is 9.59 Å². The van der Waals surface area contributed by atoms with Gasteiger partial charge in [-0.25, -0.2) is 9.37 Å². The number of amides is 2. The van der Waals surface area contributed by atoms with Gasteiger partial charge in [-0.15, -0.1) is 11.3 Å². The van der Waals surface area contributed by atoms with Gasteiger partial charge < -0.3 is 10.6 Å². The molecule has 5 nitrogen and oxygen atoms in total. The third-order valence-corrected chi connectivity index (χ3v) is 5.07. The number of fused-ring (bicyclic) bond motifs is 2. The van der Waals surface area contributed by atoms with Crippen molar-refractivity contribution in [1.29, 1.82) is 0 Å². The van der Waals surface area contributed by atoms with Gasteiger partial charge in [0, 0.05) is 17.8 Å². The molecule has 25 heavy (non-hydrogen) atoms. The van der Waals surface area contributed by atoms with Gasteiger partial charge in [0.15, 0.2) is 0 Å². The summed E-state index contributed by atoms with van der Waals surface area (Å²) < 4.78 is 14.4. The van der Waals surface area contributed by atoms with Crippen molar-refractivity contribution < 1.29 is 14.0 Å². The molecule has 1 unspecified atom stereocenters. The Morgan fingerprint density at radius 1 is 1.32 bits per heavy atom. The summed E-state index contributed by atoms with van der Waals surface area (Å²) in [5, 5.41) is 6.42. The zero-order chi connectivity index (χ0) is 17.6. The van der Waals surface area contributed by atoms with Crippen LogP contribution in [0.1, 0.15) is 22.9 Å². The number of benzene rings is 2. The maximum atomic E-state index is 13.4. The first-order chi connectivity index (χ1) is 12.0. The molecule has 1 aliphatic rings. The minimum absolute atomic E-state index is 0.0341. The van der Waals surface area contributed by atoms with E-state index < -0.39 is 11.7 Å². The van der Waals surface area contributed by atoms with Crippen LogP contribution in [0.5, 0.6) is 0 Å². The van der Waals surface area contributed by atoms with Gasteiger partial charge in [0.1, 0.15) is 5.82 Å². The van der Waals surface area contributed by atoms with E-state index in [2.05, 4.69) is 15.6 Å². The monoisotopic (exact) mass is 355 g/mol. The molecule has 2 amide bonds. The molecule has 2 aromatic carbocycles. The Balaban J connectivity index is 1.63. The van der Waals surface area contributed by atoms with Gasteiger partial charge >= 0.3 is 0 Å². The first-order valence-corrected chi connectivity index (χ1v) is 8.58. The molecule has 2 N–H and O–H groups in total. The molecular formula is C18H14FN3O2S. The number of nitrogens with zero attached hydrogens (tertiary/aromatic N) is 1. The molecule has 0 fully saturated rings. The van der Waals surface area contributed by atoms with Crippen LogP contribution < -0.4 is 10.6 Å². The summed E-state index contributed by atoms with van der Waals surface area (Å²) in [5.41, 5.74) is 2.51. The van der Waals surface area contributed by atoms with Gasteiger partial charge in [0.2, 0.25) is 11.8 Å². The van der Waals surface area contributed by atoms with E-state index >= 15 is 0 Å². The highest BCUT2D eigenvalue weighted by molar-refractivity contribution is 7.18. The smallest absolute Gasteiger partial charge is 0.232 e. The van der Waals surface area contributed by atoms with Crippen molar-refractivity contribution in [3.63, 3.8) is 0 Å². The lowest BCUT2D eigenvalue weighted by Gasteiger charge is -2.24. The number of hydrogen-bond donors (Lipinski definition) is 2. The lowest BCUT2D eigenvalue weighted by molar-refractivity contribution is -0.123. The molecule has 1 atom stereocenters. The van der Waals surface area contributed by atoms with E-state index in [0.29, 0.717) is 16.9 Å². The lowest BCUT2D eigenvalue weighted by Crippen LogP contribution is -2.30. The highest BCUT2D eigenvalue weighted by Gasteiger charge is 2.31. The number of carbonyl (C=O) groups is 2. The van der Waals surface area contributed by atoms with Gasteiger partial charge in [-0.1, -0.05) is 6.07 Å². The summed E-state index contributed by atoms with van der Waals surface area (Å²) in [6.07, 6.45) is 0.0341. The van der Waals surface area contributed by atoms with Crippen LogP contribution in [-0.4, -0.2) is 16.8 Å². The third kappa shape index (κ3) is 2.98. The summed E-state index contributed by atoms with van der Waals surface area (Å²) in [7, 11) is 0. The zero-order valence-electron chi connectivity index (χ0n) is 13.3. The molecule has 1 aromatic heterocycles. The van der Waals surface area contributed by atoms with Gasteiger partial charge in [-0.2, -0.15) is 0 Å². The predicted molar refractivity (Wildman–Crippen MR) is 95.4 cm³/mol. The number of hydrogen-bond acceptors (Lipinski definition) is 4. The second kappa shape index (κ2) is 5.93. The Hall–Kier alpha value is -2.80. The summed E-state index contributed by atoms with van der Waals surface area (Å²) in [5.74, 6) is -1.69. The number of aromatic nitrogens is 1. The first-order valence-electron chi connectivity index (χ1n) is 7.77. The van der Waals surface area contributed by atoms with Crippen LogP contribution in [0, 0.1) is 12.7 Å². The van der Waals surface area contributed by atoms with Crippen LogP contribution >= 0.6 is 11.3 Å².